The second-order valence-corrected chi connectivity index (χ2v) is 4.42. The van der Waals surface area contributed by atoms with E-state index in [1.54, 1.807) is 0 Å². The van der Waals surface area contributed by atoms with E-state index in [0.29, 0.717) is 5.95 Å². The van der Waals surface area contributed by atoms with Crippen LogP contribution in [0, 0.1) is 0 Å². The van der Waals surface area contributed by atoms with Gasteiger partial charge in [-0.05, 0) is 13.5 Å². The largest absolute Gasteiger partial charge is 0.370 e. The molecule has 2 heterocycles. The fraction of sp³-hybridized carbons (Fsp3) is 0.667. The molecule has 0 unspecified atom stereocenters. The van der Waals surface area contributed by atoms with Gasteiger partial charge >= 0.3 is 0 Å². The summed E-state index contributed by atoms with van der Waals surface area (Å²) in [4.78, 5) is 13.2. The van der Waals surface area contributed by atoms with Crippen molar-refractivity contribution in [3.8, 4) is 0 Å². The van der Waals surface area contributed by atoms with E-state index in [2.05, 4.69) is 32.0 Å². The van der Waals surface area contributed by atoms with Crippen molar-refractivity contribution in [1.29, 1.82) is 0 Å². The minimum atomic E-state index is 0.335. The van der Waals surface area contributed by atoms with Crippen molar-refractivity contribution in [2.45, 2.75) is 13.8 Å². The Labute approximate surface area is 108 Å². The molecule has 0 saturated carbocycles. The third-order valence-corrected chi connectivity index (χ3v) is 3.23. The van der Waals surface area contributed by atoms with Crippen LogP contribution in [0.2, 0.25) is 0 Å². The highest BCUT2D eigenvalue weighted by atomic mass is 15.3. The van der Waals surface area contributed by atoms with Gasteiger partial charge in [-0.2, -0.15) is 9.97 Å². The Morgan fingerprint density at radius 3 is 2.56 bits per heavy atom. The predicted octanol–water partition coefficient (Wildman–Crippen LogP) is 0.633. The summed E-state index contributed by atoms with van der Waals surface area (Å²) in [5.41, 5.74) is 5.75. The molecule has 0 bridgehead atoms. The van der Waals surface area contributed by atoms with Crippen LogP contribution in [-0.4, -0.2) is 54.1 Å². The lowest BCUT2D eigenvalue weighted by molar-refractivity contribution is 0.270. The maximum absolute atomic E-state index is 5.75. The Hall–Kier alpha value is -1.56. The van der Waals surface area contributed by atoms with Gasteiger partial charge in [0.2, 0.25) is 5.95 Å². The SMILES string of the molecule is CCNc1cc(N2CCN(CC)CC2)nc(N)n1. The highest BCUT2D eigenvalue weighted by Crippen LogP contribution is 2.18. The van der Waals surface area contributed by atoms with Crippen LogP contribution in [0.3, 0.4) is 0 Å². The molecule has 0 aliphatic carbocycles. The Bertz CT molecular complexity index is 386. The van der Waals surface area contributed by atoms with Crippen LogP contribution in [-0.2, 0) is 0 Å². The molecular formula is C12H22N6. The highest BCUT2D eigenvalue weighted by molar-refractivity contribution is 5.52. The van der Waals surface area contributed by atoms with Crippen molar-refractivity contribution in [2.75, 3.05) is 55.2 Å². The van der Waals surface area contributed by atoms with E-state index < -0.39 is 0 Å². The van der Waals surface area contributed by atoms with Crippen LogP contribution in [0.25, 0.3) is 0 Å². The van der Waals surface area contributed by atoms with Crippen molar-refractivity contribution in [1.82, 2.24) is 14.9 Å². The number of hydrogen-bond acceptors (Lipinski definition) is 6. The molecule has 0 aromatic carbocycles. The molecule has 3 N–H and O–H groups in total. The third-order valence-electron chi connectivity index (χ3n) is 3.23. The van der Waals surface area contributed by atoms with Crippen LogP contribution < -0.4 is 16.0 Å². The van der Waals surface area contributed by atoms with Gasteiger partial charge < -0.3 is 20.9 Å². The number of hydrogen-bond donors (Lipinski definition) is 2. The van der Waals surface area contributed by atoms with Gasteiger partial charge in [0.25, 0.3) is 0 Å². The minimum Gasteiger partial charge on any atom is -0.370 e. The molecule has 0 atom stereocenters. The fourth-order valence-electron chi connectivity index (χ4n) is 2.18. The second-order valence-electron chi connectivity index (χ2n) is 4.42. The van der Waals surface area contributed by atoms with Crippen molar-refractivity contribution in [3.05, 3.63) is 6.07 Å². The monoisotopic (exact) mass is 250 g/mol. The summed E-state index contributed by atoms with van der Waals surface area (Å²) >= 11 is 0. The summed E-state index contributed by atoms with van der Waals surface area (Å²) in [6.07, 6.45) is 0. The van der Waals surface area contributed by atoms with Crippen molar-refractivity contribution >= 4 is 17.6 Å². The zero-order valence-electron chi connectivity index (χ0n) is 11.2. The molecule has 1 fully saturated rings. The van der Waals surface area contributed by atoms with Gasteiger partial charge in [0.15, 0.2) is 0 Å². The summed E-state index contributed by atoms with van der Waals surface area (Å²) in [6.45, 7) is 10.3. The second kappa shape index (κ2) is 5.86. The van der Waals surface area contributed by atoms with Gasteiger partial charge in [-0.3, -0.25) is 0 Å². The van der Waals surface area contributed by atoms with E-state index >= 15 is 0 Å². The number of anilines is 3. The molecule has 18 heavy (non-hydrogen) atoms. The molecule has 0 radical (unpaired) electrons. The Balaban J connectivity index is 2.08. The molecule has 100 valence electrons. The lowest BCUT2D eigenvalue weighted by Crippen LogP contribution is -2.46. The summed E-state index contributed by atoms with van der Waals surface area (Å²) in [7, 11) is 0. The first-order valence-electron chi connectivity index (χ1n) is 6.58. The molecule has 1 aliphatic rings. The standard InChI is InChI=1S/C12H22N6/c1-3-14-10-9-11(16-12(13)15-10)18-7-5-17(4-2)6-8-18/h9H,3-8H2,1-2H3,(H3,13,14,15,16). The number of nitrogens with two attached hydrogens (primary N) is 1. The first-order valence-corrected chi connectivity index (χ1v) is 6.58. The van der Waals surface area contributed by atoms with E-state index in [0.717, 1.165) is 50.9 Å². The van der Waals surface area contributed by atoms with E-state index in [4.69, 9.17) is 5.73 Å². The lowest BCUT2D eigenvalue weighted by atomic mass is 10.3. The maximum Gasteiger partial charge on any atom is 0.223 e. The average molecular weight is 250 g/mol. The van der Waals surface area contributed by atoms with Crippen LogP contribution in [0.15, 0.2) is 6.07 Å². The average Bonchev–Trinajstić information content (AvgIpc) is 2.38. The Morgan fingerprint density at radius 1 is 1.22 bits per heavy atom. The third kappa shape index (κ3) is 3.01. The molecule has 0 amide bonds. The van der Waals surface area contributed by atoms with E-state index in [1.165, 1.54) is 0 Å². The van der Waals surface area contributed by atoms with Gasteiger partial charge in [-0.1, -0.05) is 6.92 Å². The number of nitrogen functional groups attached to an aromatic ring is 1. The smallest absolute Gasteiger partial charge is 0.223 e. The maximum atomic E-state index is 5.75. The molecule has 1 aromatic heterocycles. The number of nitrogens with one attached hydrogen (secondary N) is 1. The molecule has 0 spiro atoms. The number of rotatable bonds is 4. The quantitative estimate of drug-likeness (QED) is 0.817. The number of aromatic nitrogens is 2. The lowest BCUT2D eigenvalue weighted by Gasteiger charge is -2.34. The number of nitrogens with zero attached hydrogens (tertiary/aromatic N) is 4. The Kier molecular flexibility index (Phi) is 4.19. The molecular weight excluding hydrogens is 228 g/mol. The van der Waals surface area contributed by atoms with Crippen molar-refractivity contribution < 1.29 is 0 Å². The van der Waals surface area contributed by atoms with Gasteiger partial charge in [0.05, 0.1) is 0 Å². The van der Waals surface area contributed by atoms with E-state index in [-0.39, 0.29) is 0 Å². The molecule has 1 saturated heterocycles. The molecule has 1 aliphatic heterocycles. The van der Waals surface area contributed by atoms with Gasteiger partial charge in [-0.25, -0.2) is 0 Å². The fourth-order valence-corrected chi connectivity index (χ4v) is 2.18. The summed E-state index contributed by atoms with van der Waals surface area (Å²) in [5.74, 6) is 2.06. The zero-order valence-corrected chi connectivity index (χ0v) is 11.2. The molecule has 6 nitrogen and oxygen atoms in total. The van der Waals surface area contributed by atoms with Gasteiger partial charge in [-0.15, -0.1) is 0 Å². The van der Waals surface area contributed by atoms with Crippen LogP contribution >= 0.6 is 0 Å². The normalized spacial score (nSPS) is 16.9. The van der Waals surface area contributed by atoms with Crippen LogP contribution in [0.1, 0.15) is 13.8 Å². The highest BCUT2D eigenvalue weighted by Gasteiger charge is 2.17. The first kappa shape index (κ1) is 12.9. The first-order chi connectivity index (χ1) is 8.72. The van der Waals surface area contributed by atoms with Crippen molar-refractivity contribution in [2.24, 2.45) is 0 Å². The minimum absolute atomic E-state index is 0.335. The van der Waals surface area contributed by atoms with Gasteiger partial charge in [0, 0.05) is 38.8 Å². The predicted molar refractivity (Wildman–Crippen MR) is 74.9 cm³/mol. The summed E-state index contributed by atoms with van der Waals surface area (Å²) in [6, 6.07) is 1.97. The van der Waals surface area contributed by atoms with Crippen LogP contribution in [0.5, 0.6) is 0 Å². The van der Waals surface area contributed by atoms with Gasteiger partial charge in [0.1, 0.15) is 11.6 Å². The summed E-state index contributed by atoms with van der Waals surface area (Å²) < 4.78 is 0. The molecule has 1 aromatic rings. The van der Waals surface area contributed by atoms with Crippen LogP contribution in [0.4, 0.5) is 17.6 Å². The zero-order chi connectivity index (χ0) is 13.0. The number of piperazine rings is 1. The van der Waals surface area contributed by atoms with E-state index in [1.807, 2.05) is 13.0 Å². The Morgan fingerprint density at radius 2 is 1.94 bits per heavy atom. The van der Waals surface area contributed by atoms with E-state index in [9.17, 15) is 0 Å². The number of likely N-dealkylation sites (N-methyl/N-ethyl adjacent to an activating group) is 1. The summed E-state index contributed by atoms with van der Waals surface area (Å²) in [5, 5.41) is 3.18. The topological polar surface area (TPSA) is 70.3 Å². The van der Waals surface area contributed by atoms with Crippen molar-refractivity contribution in [3.63, 3.8) is 0 Å². The molecule has 2 rings (SSSR count). The molecule has 6 heteroatoms.